The van der Waals surface area contributed by atoms with Gasteiger partial charge in [0.1, 0.15) is 5.56 Å². The first kappa shape index (κ1) is 14.1. The number of hydrogen-bond donors (Lipinski definition) is 2. The number of aliphatic carboxylic acids is 1. The van der Waals surface area contributed by atoms with Gasteiger partial charge in [0.05, 0.1) is 23.4 Å². The van der Waals surface area contributed by atoms with E-state index in [1.54, 1.807) is 0 Å². The largest absolute Gasteiger partial charge is 0.481 e. The van der Waals surface area contributed by atoms with Crippen molar-refractivity contribution in [2.75, 3.05) is 5.73 Å². The third kappa shape index (κ3) is 2.84. The van der Waals surface area contributed by atoms with E-state index >= 15 is 0 Å². The zero-order valence-electron chi connectivity index (χ0n) is 8.63. The van der Waals surface area contributed by atoms with E-state index in [0.29, 0.717) is 6.20 Å². The van der Waals surface area contributed by atoms with Crippen molar-refractivity contribution in [1.29, 1.82) is 0 Å². The summed E-state index contributed by atoms with van der Waals surface area (Å²) in [4.78, 5) is 13.5. The van der Waals surface area contributed by atoms with Gasteiger partial charge in [-0.05, 0) is 0 Å². The van der Waals surface area contributed by atoms with Crippen LogP contribution in [0.4, 0.5) is 27.6 Å². The lowest BCUT2D eigenvalue weighted by atomic mass is 10.0. The van der Waals surface area contributed by atoms with Crippen LogP contribution in [0.5, 0.6) is 0 Å². The van der Waals surface area contributed by atoms with Crippen molar-refractivity contribution in [3.63, 3.8) is 0 Å². The van der Waals surface area contributed by atoms with E-state index in [2.05, 4.69) is 4.98 Å². The highest BCUT2D eigenvalue weighted by Gasteiger charge is 2.38. The molecule has 9 heteroatoms. The van der Waals surface area contributed by atoms with Gasteiger partial charge < -0.3 is 10.8 Å². The van der Waals surface area contributed by atoms with Crippen LogP contribution < -0.4 is 5.73 Å². The third-order valence-corrected chi connectivity index (χ3v) is 2.07. The van der Waals surface area contributed by atoms with Gasteiger partial charge in [-0.2, -0.15) is 13.2 Å². The predicted molar refractivity (Wildman–Crippen MR) is 49.9 cm³/mol. The molecule has 0 amide bonds. The second-order valence-electron chi connectivity index (χ2n) is 3.32. The van der Waals surface area contributed by atoms with Gasteiger partial charge in [0.2, 0.25) is 0 Å². The number of carbonyl (C=O) groups is 1. The lowest BCUT2D eigenvalue weighted by molar-refractivity contribution is -0.139. The lowest BCUT2D eigenvalue weighted by Crippen LogP contribution is -2.18. The van der Waals surface area contributed by atoms with Crippen LogP contribution in [-0.2, 0) is 17.4 Å². The molecule has 0 radical (unpaired) electrons. The Morgan fingerprint density at radius 1 is 1.44 bits per heavy atom. The predicted octanol–water partition coefficient (Wildman–Crippen LogP) is 2.25. The molecule has 0 saturated carbocycles. The Balaban J connectivity index is 3.47. The van der Waals surface area contributed by atoms with Gasteiger partial charge in [-0.3, -0.25) is 9.78 Å². The number of rotatable bonds is 3. The molecule has 100 valence electrons. The Morgan fingerprint density at radius 2 is 2.00 bits per heavy atom. The number of pyridine rings is 1. The molecule has 0 saturated heterocycles. The molecule has 1 rings (SSSR count). The number of aromatic nitrogens is 1. The van der Waals surface area contributed by atoms with Crippen molar-refractivity contribution in [3.05, 3.63) is 23.0 Å². The van der Waals surface area contributed by atoms with Gasteiger partial charge in [-0.1, -0.05) is 0 Å². The highest BCUT2D eigenvalue weighted by Crippen LogP contribution is 2.39. The van der Waals surface area contributed by atoms with Crippen LogP contribution in [-0.4, -0.2) is 16.1 Å². The van der Waals surface area contributed by atoms with E-state index in [1.807, 2.05) is 0 Å². The third-order valence-electron chi connectivity index (χ3n) is 2.07. The number of halogens is 5. The van der Waals surface area contributed by atoms with E-state index in [-0.39, 0.29) is 0 Å². The van der Waals surface area contributed by atoms with Gasteiger partial charge in [-0.15, -0.1) is 0 Å². The molecule has 1 aromatic heterocycles. The molecule has 3 N–H and O–H groups in total. The van der Waals surface area contributed by atoms with E-state index < -0.39 is 47.5 Å². The minimum atomic E-state index is -5.05. The van der Waals surface area contributed by atoms with Gasteiger partial charge >= 0.3 is 12.1 Å². The maximum atomic E-state index is 12.6. The van der Waals surface area contributed by atoms with Crippen molar-refractivity contribution in [2.24, 2.45) is 0 Å². The van der Waals surface area contributed by atoms with Gasteiger partial charge in [0, 0.05) is 6.20 Å². The summed E-state index contributed by atoms with van der Waals surface area (Å²) < 4.78 is 62.7. The van der Waals surface area contributed by atoms with Crippen molar-refractivity contribution in [3.8, 4) is 0 Å². The summed E-state index contributed by atoms with van der Waals surface area (Å²) in [6.07, 6.45) is -8.87. The minimum Gasteiger partial charge on any atom is -0.481 e. The Morgan fingerprint density at radius 3 is 2.39 bits per heavy atom. The topological polar surface area (TPSA) is 76.2 Å². The fraction of sp³-hybridized carbons (Fsp3) is 0.333. The minimum absolute atomic E-state index is 0.452. The van der Waals surface area contributed by atoms with E-state index in [1.165, 1.54) is 0 Å². The Bertz CT molecular complexity index is 473. The maximum Gasteiger partial charge on any atom is 0.420 e. The number of nitrogen functional groups attached to an aromatic ring is 1. The summed E-state index contributed by atoms with van der Waals surface area (Å²) >= 11 is 0. The van der Waals surface area contributed by atoms with Crippen LogP contribution in [0.3, 0.4) is 0 Å². The number of hydrogen-bond acceptors (Lipinski definition) is 3. The number of anilines is 1. The first-order valence-electron chi connectivity index (χ1n) is 4.49. The van der Waals surface area contributed by atoms with E-state index in [4.69, 9.17) is 10.8 Å². The molecule has 0 fully saturated rings. The molecule has 0 aromatic carbocycles. The van der Waals surface area contributed by atoms with Crippen molar-refractivity contribution >= 4 is 11.7 Å². The lowest BCUT2D eigenvalue weighted by Gasteiger charge is -2.16. The molecular weight excluding hydrogens is 263 g/mol. The normalized spacial score (nSPS) is 11.9. The van der Waals surface area contributed by atoms with Crippen LogP contribution in [0.15, 0.2) is 6.20 Å². The van der Waals surface area contributed by atoms with Gasteiger partial charge in [-0.25, -0.2) is 8.78 Å². The average Bonchev–Trinajstić information content (AvgIpc) is 2.13. The smallest absolute Gasteiger partial charge is 0.420 e. The molecule has 4 nitrogen and oxygen atoms in total. The number of carboxylic acids is 1. The van der Waals surface area contributed by atoms with Crippen LogP contribution in [0, 0.1) is 0 Å². The molecule has 0 atom stereocenters. The Kier molecular flexibility index (Phi) is 3.73. The molecule has 1 heterocycles. The summed E-state index contributed by atoms with van der Waals surface area (Å²) in [7, 11) is 0. The fourth-order valence-electron chi connectivity index (χ4n) is 1.35. The Labute approximate surface area is 97.2 Å². The summed E-state index contributed by atoms with van der Waals surface area (Å²) in [6.45, 7) is 0. The van der Waals surface area contributed by atoms with Crippen LogP contribution in [0.2, 0.25) is 0 Å². The van der Waals surface area contributed by atoms with E-state index in [9.17, 15) is 26.7 Å². The summed E-state index contributed by atoms with van der Waals surface area (Å²) in [5.74, 6) is -1.57. The zero-order valence-corrected chi connectivity index (χ0v) is 8.63. The van der Waals surface area contributed by atoms with Gasteiger partial charge in [0.25, 0.3) is 6.43 Å². The van der Waals surface area contributed by atoms with Crippen molar-refractivity contribution in [1.82, 2.24) is 4.98 Å². The molecule has 0 spiro atoms. The maximum absolute atomic E-state index is 12.6. The zero-order chi connectivity index (χ0) is 14.1. The first-order chi connectivity index (χ1) is 8.14. The quantitative estimate of drug-likeness (QED) is 0.826. The molecule has 0 bridgehead atoms. The molecule has 0 unspecified atom stereocenters. The molecule has 0 aliphatic heterocycles. The average molecular weight is 270 g/mol. The van der Waals surface area contributed by atoms with E-state index in [0.717, 1.165) is 0 Å². The highest BCUT2D eigenvalue weighted by molar-refractivity contribution is 5.71. The second kappa shape index (κ2) is 4.75. The Hall–Kier alpha value is -1.93. The number of nitrogens with two attached hydrogens (primary N) is 1. The fourth-order valence-corrected chi connectivity index (χ4v) is 1.35. The number of nitrogens with zero attached hydrogens (tertiary/aromatic N) is 1. The summed E-state index contributed by atoms with van der Waals surface area (Å²) in [5, 5.41) is 8.43. The molecule has 1 aromatic rings. The van der Waals surface area contributed by atoms with Crippen LogP contribution >= 0.6 is 0 Å². The number of alkyl halides is 5. The summed E-state index contributed by atoms with van der Waals surface area (Å²) in [5.41, 5.74) is 0.236. The van der Waals surface area contributed by atoms with Crippen molar-refractivity contribution < 1.29 is 31.9 Å². The summed E-state index contributed by atoms with van der Waals surface area (Å²) in [6, 6.07) is 0. The second-order valence-corrected chi connectivity index (χ2v) is 3.32. The monoisotopic (exact) mass is 270 g/mol. The number of carboxylic acid groups (broad SMARTS) is 1. The molecule has 0 aliphatic carbocycles. The van der Waals surface area contributed by atoms with Crippen LogP contribution in [0.1, 0.15) is 23.2 Å². The molecule has 0 aliphatic rings. The first-order valence-corrected chi connectivity index (χ1v) is 4.49. The standard InChI is InChI=1S/C9H7F5N2O2/c10-8(11)3-2-16-4(1-5(17)18)6(7(3)15)9(12,13)14/h2,8H,1H2,(H2,15,16)(H,17,18). The molecular formula is C9H7F5N2O2. The molecule has 18 heavy (non-hydrogen) atoms. The van der Waals surface area contributed by atoms with Crippen molar-refractivity contribution in [2.45, 2.75) is 19.0 Å². The van der Waals surface area contributed by atoms with Gasteiger partial charge in [0.15, 0.2) is 0 Å². The van der Waals surface area contributed by atoms with Crippen LogP contribution in [0.25, 0.3) is 0 Å². The SMILES string of the molecule is Nc1c(C(F)F)cnc(CC(=O)O)c1C(F)(F)F. The highest BCUT2D eigenvalue weighted by atomic mass is 19.4.